The van der Waals surface area contributed by atoms with Gasteiger partial charge in [-0.1, -0.05) is 49.4 Å². The number of benzene rings is 2. The van der Waals surface area contributed by atoms with E-state index >= 15 is 0 Å². The van der Waals surface area contributed by atoms with Gasteiger partial charge in [-0.2, -0.15) is 0 Å². The van der Waals surface area contributed by atoms with Crippen LogP contribution in [-0.2, 0) is 14.3 Å². The van der Waals surface area contributed by atoms with Crippen LogP contribution < -0.4 is 15.4 Å². The highest BCUT2D eigenvalue weighted by Gasteiger charge is 2.42. The van der Waals surface area contributed by atoms with Crippen LogP contribution in [0.25, 0.3) is 0 Å². The zero-order valence-electron chi connectivity index (χ0n) is 17.3. The van der Waals surface area contributed by atoms with Gasteiger partial charge in [-0.3, -0.25) is 4.79 Å². The smallest absolute Gasteiger partial charge is 0.222 e. The summed E-state index contributed by atoms with van der Waals surface area (Å²) in [4.78, 5) is 14.4. The molecule has 6 nitrogen and oxygen atoms in total. The van der Waals surface area contributed by atoms with Crippen LogP contribution in [0.4, 0.5) is 5.69 Å². The lowest BCUT2D eigenvalue weighted by Crippen LogP contribution is -2.54. The van der Waals surface area contributed by atoms with Crippen LogP contribution in [-0.4, -0.2) is 38.0 Å². The number of hydrogen-bond acceptors (Lipinski definition) is 5. The normalized spacial score (nSPS) is 19.5. The second kappa shape index (κ2) is 9.76. The molecule has 0 bridgehead atoms. The molecule has 1 heterocycles. The highest BCUT2D eigenvalue weighted by molar-refractivity contribution is 5.78. The van der Waals surface area contributed by atoms with Crippen LogP contribution in [0.1, 0.15) is 32.4 Å². The van der Waals surface area contributed by atoms with Gasteiger partial charge in [0.1, 0.15) is 11.9 Å². The van der Waals surface area contributed by atoms with Crippen LogP contribution >= 0.6 is 0 Å². The van der Waals surface area contributed by atoms with Crippen molar-refractivity contribution in [2.24, 2.45) is 11.7 Å². The number of nitrogens with two attached hydrogens (primary N) is 1. The monoisotopic (exact) mass is 398 g/mol. The van der Waals surface area contributed by atoms with Gasteiger partial charge in [0.15, 0.2) is 6.29 Å². The van der Waals surface area contributed by atoms with Crippen molar-refractivity contribution >= 4 is 11.6 Å². The minimum atomic E-state index is -0.447. The van der Waals surface area contributed by atoms with Crippen molar-refractivity contribution in [2.75, 3.05) is 24.7 Å². The zero-order valence-corrected chi connectivity index (χ0v) is 17.3. The molecule has 3 rings (SSSR count). The standard InChI is InChI=1S/C23H30N2O4/c1-4-27-20(28-5-2)15-25-18-13-9-10-14-19(18)29-22(17-11-7-6-8-12-17)21(25)16(3)23(24)26/h6-14,16,20-22H,4-5,15H2,1-3H3,(H2,24,26). The first-order chi connectivity index (χ1) is 14.1. The van der Waals surface area contributed by atoms with Crippen LogP contribution in [0.15, 0.2) is 54.6 Å². The minimum Gasteiger partial charge on any atom is -0.481 e. The van der Waals surface area contributed by atoms with E-state index in [1.807, 2.05) is 75.4 Å². The fourth-order valence-corrected chi connectivity index (χ4v) is 3.84. The lowest BCUT2D eigenvalue weighted by molar-refractivity contribution is -0.133. The molecule has 3 atom stereocenters. The summed E-state index contributed by atoms with van der Waals surface area (Å²) in [5.41, 5.74) is 7.65. The summed E-state index contributed by atoms with van der Waals surface area (Å²) in [6.45, 7) is 7.27. The molecule has 6 heteroatoms. The Bertz CT molecular complexity index is 792. The average Bonchev–Trinajstić information content (AvgIpc) is 2.74. The van der Waals surface area contributed by atoms with Crippen molar-refractivity contribution in [3.8, 4) is 5.75 Å². The third-order valence-electron chi connectivity index (χ3n) is 5.24. The maximum absolute atomic E-state index is 12.2. The molecule has 0 saturated carbocycles. The molecule has 156 valence electrons. The van der Waals surface area contributed by atoms with E-state index in [1.165, 1.54) is 0 Å². The van der Waals surface area contributed by atoms with E-state index in [1.54, 1.807) is 0 Å². The fraction of sp³-hybridized carbons (Fsp3) is 0.435. The third kappa shape index (κ3) is 4.71. The number of hydrogen-bond donors (Lipinski definition) is 1. The van der Waals surface area contributed by atoms with E-state index in [-0.39, 0.29) is 18.1 Å². The van der Waals surface area contributed by atoms with E-state index in [0.29, 0.717) is 19.8 Å². The van der Waals surface area contributed by atoms with Crippen LogP contribution in [0.3, 0.4) is 0 Å². The summed E-state index contributed by atoms with van der Waals surface area (Å²) in [6.07, 6.45) is -0.771. The molecule has 1 amide bonds. The molecule has 1 aliphatic rings. The Balaban J connectivity index is 2.07. The SMILES string of the molecule is CCOC(CN1c2ccccc2OC(c2ccccc2)C1C(C)C(N)=O)OCC. The Hall–Kier alpha value is -2.57. The second-order valence-corrected chi connectivity index (χ2v) is 7.09. The van der Waals surface area contributed by atoms with Crippen LogP contribution in [0.2, 0.25) is 0 Å². The summed E-state index contributed by atoms with van der Waals surface area (Å²) in [7, 11) is 0. The molecule has 0 fully saturated rings. The van der Waals surface area contributed by atoms with Crippen molar-refractivity contribution in [1.29, 1.82) is 0 Å². The molecule has 0 radical (unpaired) electrons. The van der Waals surface area contributed by atoms with Gasteiger partial charge in [-0.25, -0.2) is 0 Å². The summed E-state index contributed by atoms with van der Waals surface area (Å²) >= 11 is 0. The number of carbonyl (C=O) groups is 1. The summed E-state index contributed by atoms with van der Waals surface area (Å²) in [6, 6.07) is 17.5. The fourth-order valence-electron chi connectivity index (χ4n) is 3.84. The number of carbonyl (C=O) groups excluding carboxylic acids is 1. The van der Waals surface area contributed by atoms with Crippen molar-refractivity contribution < 1.29 is 19.0 Å². The number of fused-ring (bicyclic) bond motifs is 1. The van der Waals surface area contributed by atoms with Gasteiger partial charge < -0.3 is 24.8 Å². The molecule has 0 aliphatic carbocycles. The predicted molar refractivity (Wildman–Crippen MR) is 113 cm³/mol. The highest BCUT2D eigenvalue weighted by atomic mass is 16.7. The number of para-hydroxylation sites is 2. The molecular formula is C23H30N2O4. The van der Waals surface area contributed by atoms with Crippen molar-refractivity contribution in [1.82, 2.24) is 0 Å². The summed E-state index contributed by atoms with van der Waals surface area (Å²) in [5.74, 6) is -0.0493. The largest absolute Gasteiger partial charge is 0.481 e. The van der Waals surface area contributed by atoms with Gasteiger partial charge in [-0.05, 0) is 31.5 Å². The number of nitrogens with zero attached hydrogens (tertiary/aromatic N) is 1. The summed E-state index contributed by atoms with van der Waals surface area (Å²) < 4.78 is 18.0. The van der Waals surface area contributed by atoms with Gasteiger partial charge in [-0.15, -0.1) is 0 Å². The number of ether oxygens (including phenoxy) is 3. The van der Waals surface area contributed by atoms with E-state index in [4.69, 9.17) is 19.9 Å². The maximum atomic E-state index is 12.2. The molecule has 0 saturated heterocycles. The highest BCUT2D eigenvalue weighted by Crippen LogP contribution is 2.44. The van der Waals surface area contributed by atoms with Crippen molar-refractivity contribution in [3.05, 3.63) is 60.2 Å². The average molecular weight is 399 g/mol. The predicted octanol–water partition coefficient (Wildman–Crippen LogP) is 3.52. The molecule has 29 heavy (non-hydrogen) atoms. The number of rotatable bonds is 9. The molecule has 0 spiro atoms. The van der Waals surface area contributed by atoms with Crippen molar-refractivity contribution in [3.63, 3.8) is 0 Å². The Morgan fingerprint density at radius 2 is 1.69 bits per heavy atom. The minimum absolute atomic E-state index is 0.298. The van der Waals surface area contributed by atoms with Gasteiger partial charge in [0.25, 0.3) is 0 Å². The molecule has 2 aromatic carbocycles. The molecule has 2 N–H and O–H groups in total. The zero-order chi connectivity index (χ0) is 20.8. The molecular weight excluding hydrogens is 368 g/mol. The topological polar surface area (TPSA) is 74.0 Å². The molecule has 1 aliphatic heterocycles. The van der Waals surface area contributed by atoms with Crippen LogP contribution in [0, 0.1) is 5.92 Å². The Morgan fingerprint density at radius 3 is 2.31 bits per heavy atom. The van der Waals surface area contributed by atoms with Gasteiger partial charge in [0.2, 0.25) is 5.91 Å². The molecule has 2 aromatic rings. The van der Waals surface area contributed by atoms with E-state index in [0.717, 1.165) is 17.0 Å². The second-order valence-electron chi connectivity index (χ2n) is 7.09. The Labute approximate surface area is 172 Å². The number of primary amides is 1. The molecule has 0 aromatic heterocycles. The maximum Gasteiger partial charge on any atom is 0.222 e. The van der Waals surface area contributed by atoms with E-state index in [2.05, 4.69) is 4.90 Å². The van der Waals surface area contributed by atoms with Gasteiger partial charge in [0.05, 0.1) is 24.2 Å². The Morgan fingerprint density at radius 1 is 1.07 bits per heavy atom. The third-order valence-corrected chi connectivity index (χ3v) is 5.24. The first-order valence-electron chi connectivity index (χ1n) is 10.2. The first-order valence-corrected chi connectivity index (χ1v) is 10.2. The van der Waals surface area contributed by atoms with E-state index in [9.17, 15) is 4.79 Å². The van der Waals surface area contributed by atoms with E-state index < -0.39 is 12.2 Å². The quantitative estimate of drug-likeness (QED) is 0.654. The van der Waals surface area contributed by atoms with Crippen molar-refractivity contribution in [2.45, 2.75) is 39.2 Å². The number of amides is 1. The van der Waals surface area contributed by atoms with Crippen LogP contribution in [0.5, 0.6) is 5.75 Å². The first kappa shape index (κ1) is 21.1. The number of anilines is 1. The lowest BCUT2D eigenvalue weighted by Gasteiger charge is -2.46. The lowest BCUT2D eigenvalue weighted by atomic mass is 9.88. The molecule has 3 unspecified atom stereocenters. The van der Waals surface area contributed by atoms with Gasteiger partial charge in [0, 0.05) is 13.2 Å². The Kier molecular flexibility index (Phi) is 7.12. The van der Waals surface area contributed by atoms with Gasteiger partial charge >= 0.3 is 0 Å². The summed E-state index contributed by atoms with van der Waals surface area (Å²) in [5, 5.41) is 0.